The van der Waals surface area contributed by atoms with E-state index >= 15 is 0 Å². The van der Waals surface area contributed by atoms with Crippen molar-refractivity contribution in [2.45, 2.75) is 361 Å². The number of aliphatic hydroxyl groups is 1. The summed E-state index contributed by atoms with van der Waals surface area (Å²) in [5.41, 5.74) is 3.54. The molecule has 622 valence electrons. The van der Waals surface area contributed by atoms with Gasteiger partial charge in [-0.1, -0.05) is 149 Å². The number of hydrogen-bond donors (Lipinski definition) is 1. The van der Waals surface area contributed by atoms with E-state index in [1.165, 1.54) is 150 Å². The number of rotatable bonds is 19. The Hall–Kier alpha value is -0.920. The molecule has 1 saturated carbocycles. The molecule has 9 saturated heterocycles. The third kappa shape index (κ3) is 32.5. The summed E-state index contributed by atoms with van der Waals surface area (Å²) in [6, 6.07) is 6.54. The fraction of sp³-hybridized carbons (Fsp3) is 0.958. The summed E-state index contributed by atoms with van der Waals surface area (Å²) >= 11 is 0. The second kappa shape index (κ2) is 46.4. The highest BCUT2D eigenvalue weighted by molar-refractivity contribution is 5.39. The number of piperidine rings is 4. The first-order valence-electron chi connectivity index (χ1n) is 45.4. The molecule has 0 aromatic heterocycles. The van der Waals surface area contributed by atoms with Crippen molar-refractivity contribution in [1.82, 2.24) is 44.1 Å². The fourth-order valence-electron chi connectivity index (χ4n) is 18.0. The standard InChI is InChI=1S/C14H23N.C11H21N.2C11H23N.3C10H21N.C9H19NO.C9H19N/c1-10(2)13-6-5-12-9-15(11(3)4)8-7-14(12)13;1-7(2)11-9-5-12(8(3)4)6-10(9)11;1-9(2)11-5-7-12(8-6-11)10(3)4;1-9(2)11-6-5-7-12(8-11)10(3)4;1-8(2)10(5)6-11(7-10)9(3)4;1-8(2)5-10-6-11(7-10)9(3)4;1-8(2)10-5-6-11(7-10)9(3)4;1-7(2)9(11)5-10(6-9)8(3)4;1-7(2)9-5-10(6-9)8(3)4/h5-6,10-12H,7-9H2,1-4H3;7-11H,5-6H2,1-4H3;2*9-11H,5-8H2,1-4H3;8-9H,6-7H2,1-5H3;2*8-10H,5-7H2,1-4H3;7-8,11H,5-6H2,1-4H3;7-9H,5-6H2,1-4H3. The first kappa shape index (κ1) is 98.3. The highest BCUT2D eigenvalue weighted by Gasteiger charge is 2.56. The van der Waals surface area contributed by atoms with E-state index in [9.17, 15) is 5.11 Å². The molecule has 11 rings (SSSR count). The quantitative estimate of drug-likeness (QED) is 0.135. The monoisotopic (exact) mass is 1470 g/mol. The van der Waals surface area contributed by atoms with E-state index in [1.54, 1.807) is 11.1 Å². The SMILES string of the molecule is CC(C)C1=C2CCN(C(C)C)CC2C=C1.CC(C)C1C2CN(C(C)C)CC21.CC(C)C1CCCN(C(C)C)C1.CC(C)C1CCN(C(C)C)C1.CC(C)C1CCN(C(C)C)CC1.CC(C)C1CN(C(C)C)C1.CC(C)CC1CN(C(C)C)C1.CC(C)N1CC(C)(C(C)C)C1.CC(C)N1CC(O)(C(C)C)C1. The van der Waals surface area contributed by atoms with Crippen LogP contribution in [0.3, 0.4) is 0 Å². The summed E-state index contributed by atoms with van der Waals surface area (Å²) in [6.07, 6.45) is 14.6. The van der Waals surface area contributed by atoms with Crippen molar-refractivity contribution in [3.63, 3.8) is 0 Å². The Bertz CT molecular complexity index is 2210. The lowest BCUT2D eigenvalue weighted by atomic mass is 9.72. The van der Waals surface area contributed by atoms with Gasteiger partial charge in [0.1, 0.15) is 0 Å². The maximum absolute atomic E-state index is 9.86. The molecule has 105 heavy (non-hydrogen) atoms. The number of allylic oxidation sites excluding steroid dienone is 2. The van der Waals surface area contributed by atoms with Crippen molar-refractivity contribution < 1.29 is 5.11 Å². The summed E-state index contributed by atoms with van der Waals surface area (Å²) in [7, 11) is 0. The average Bonchev–Trinajstić information content (AvgIpc) is 1.58. The second-order valence-electron chi connectivity index (χ2n) is 42.1. The molecule has 11 aliphatic rings. The topological polar surface area (TPSA) is 49.4 Å². The summed E-state index contributed by atoms with van der Waals surface area (Å²) in [5, 5.41) is 9.86. The van der Waals surface area contributed by atoms with Gasteiger partial charge in [-0.3, -0.25) is 14.7 Å². The van der Waals surface area contributed by atoms with Crippen molar-refractivity contribution in [3.8, 4) is 0 Å². The van der Waals surface area contributed by atoms with Gasteiger partial charge in [0, 0.05) is 152 Å². The minimum Gasteiger partial charge on any atom is -0.387 e. The molecule has 0 aromatic carbocycles. The van der Waals surface area contributed by atoms with Crippen LogP contribution >= 0.6 is 0 Å². The van der Waals surface area contributed by atoms with Gasteiger partial charge >= 0.3 is 0 Å². The van der Waals surface area contributed by atoms with E-state index in [-0.39, 0.29) is 0 Å². The molecule has 1 N–H and O–H groups in total. The Morgan fingerprint density at radius 2 is 0.714 bits per heavy atom. The summed E-state index contributed by atoms with van der Waals surface area (Å²) in [4.78, 5) is 22.9. The van der Waals surface area contributed by atoms with Gasteiger partial charge in [-0.05, 0) is 307 Å². The van der Waals surface area contributed by atoms with Crippen LogP contribution in [0.4, 0.5) is 0 Å². The van der Waals surface area contributed by atoms with Crippen molar-refractivity contribution in [1.29, 1.82) is 0 Å². The van der Waals surface area contributed by atoms with Crippen molar-refractivity contribution >= 4 is 0 Å². The smallest absolute Gasteiger partial charge is 0.0923 e. The molecule has 9 aliphatic heterocycles. The molecule has 5 atom stereocenters. The van der Waals surface area contributed by atoms with Crippen LogP contribution in [0.5, 0.6) is 0 Å². The zero-order valence-corrected chi connectivity index (χ0v) is 77.9. The van der Waals surface area contributed by atoms with Gasteiger partial charge in [-0.15, -0.1) is 0 Å². The van der Waals surface area contributed by atoms with E-state index in [2.05, 4.69) is 312 Å². The molecule has 5 unspecified atom stereocenters. The third-order valence-corrected chi connectivity index (χ3v) is 28.0. The predicted molar refractivity (Wildman–Crippen MR) is 467 cm³/mol. The van der Waals surface area contributed by atoms with Crippen molar-refractivity contribution in [3.05, 3.63) is 23.3 Å². The molecule has 10 nitrogen and oxygen atoms in total. The lowest BCUT2D eigenvalue weighted by Crippen LogP contribution is -2.66. The van der Waals surface area contributed by atoms with Gasteiger partial charge in [0.05, 0.1) is 5.60 Å². The normalized spacial score (nSPS) is 26.5. The Labute approximate surface area is 659 Å². The van der Waals surface area contributed by atoms with Crippen LogP contribution in [0.1, 0.15) is 301 Å². The maximum atomic E-state index is 9.86. The molecular formula is C95H191N9O. The van der Waals surface area contributed by atoms with E-state index < -0.39 is 5.60 Å². The minimum absolute atomic E-state index is 0.387. The number of nitrogens with zero attached hydrogens (tertiary/aromatic N) is 9. The van der Waals surface area contributed by atoms with Gasteiger partial charge in [-0.2, -0.15) is 0 Å². The molecule has 10 heteroatoms. The first-order chi connectivity index (χ1) is 48.6. The minimum atomic E-state index is -0.399. The lowest BCUT2D eigenvalue weighted by Gasteiger charge is -2.52. The van der Waals surface area contributed by atoms with Crippen LogP contribution < -0.4 is 0 Å². The zero-order valence-electron chi connectivity index (χ0n) is 77.9. The molecule has 0 radical (unpaired) electrons. The summed E-state index contributed by atoms with van der Waals surface area (Å²) < 4.78 is 0. The maximum Gasteiger partial charge on any atom is 0.0923 e. The molecule has 2 aliphatic carbocycles. The molecule has 0 bridgehead atoms. The second-order valence-corrected chi connectivity index (χ2v) is 42.1. The van der Waals surface area contributed by atoms with Crippen LogP contribution in [-0.4, -0.2) is 227 Å². The first-order valence-corrected chi connectivity index (χ1v) is 45.4. The highest BCUT2D eigenvalue weighted by atomic mass is 16.3. The number of likely N-dealkylation sites (tertiary alicyclic amines) is 9. The number of β-amino-alcohol motifs (C(OH)–C–C–N with tert-alkyl or cyclic N) is 1. The summed E-state index contributed by atoms with van der Waals surface area (Å²) in [6.45, 7) is 108. The predicted octanol–water partition coefficient (Wildman–Crippen LogP) is 21.2. The van der Waals surface area contributed by atoms with E-state index in [0.29, 0.717) is 29.3 Å². The average molecular weight is 1480 g/mol. The Morgan fingerprint density at radius 3 is 1.08 bits per heavy atom. The Kier molecular flexibility index (Phi) is 43.5. The van der Waals surface area contributed by atoms with Crippen LogP contribution in [0.25, 0.3) is 0 Å². The van der Waals surface area contributed by atoms with Gasteiger partial charge in [0.25, 0.3) is 0 Å². The van der Waals surface area contributed by atoms with Crippen LogP contribution in [-0.2, 0) is 0 Å². The molecule has 0 amide bonds. The van der Waals surface area contributed by atoms with E-state index in [4.69, 9.17) is 0 Å². The van der Waals surface area contributed by atoms with Gasteiger partial charge in [0.15, 0.2) is 0 Å². The van der Waals surface area contributed by atoms with Crippen LogP contribution in [0, 0.1) is 112 Å². The van der Waals surface area contributed by atoms with Gasteiger partial charge in [0.2, 0.25) is 0 Å². The van der Waals surface area contributed by atoms with E-state index in [0.717, 1.165) is 150 Å². The number of fused-ring (bicyclic) bond motifs is 2. The van der Waals surface area contributed by atoms with Gasteiger partial charge in [-0.25, -0.2) is 0 Å². The third-order valence-electron chi connectivity index (χ3n) is 28.0. The van der Waals surface area contributed by atoms with Crippen molar-refractivity contribution in [2.24, 2.45) is 112 Å². The van der Waals surface area contributed by atoms with E-state index in [1.807, 2.05) is 0 Å². The van der Waals surface area contributed by atoms with Crippen molar-refractivity contribution in [2.75, 3.05) is 118 Å². The molecular weight excluding hydrogens is 1280 g/mol. The Balaban J connectivity index is 0.000000307. The highest BCUT2D eigenvalue weighted by Crippen LogP contribution is 2.55. The molecule has 0 spiro atoms. The Morgan fingerprint density at radius 1 is 0.352 bits per heavy atom. The van der Waals surface area contributed by atoms with Crippen LogP contribution in [0.2, 0.25) is 0 Å². The molecule has 10 fully saturated rings. The largest absolute Gasteiger partial charge is 0.387 e. The number of hydrogen-bond acceptors (Lipinski definition) is 10. The zero-order chi connectivity index (χ0) is 80.0. The molecule has 0 aromatic rings. The van der Waals surface area contributed by atoms with Gasteiger partial charge < -0.3 is 34.5 Å². The van der Waals surface area contributed by atoms with Crippen LogP contribution in [0.15, 0.2) is 23.3 Å². The molecule has 9 heterocycles. The lowest BCUT2D eigenvalue weighted by molar-refractivity contribution is -0.138. The fourth-order valence-corrected chi connectivity index (χ4v) is 18.0. The summed E-state index contributed by atoms with van der Waals surface area (Å²) in [5.74, 6) is 16.0.